The second-order valence-corrected chi connectivity index (χ2v) is 6.12. The smallest absolute Gasteiger partial charge is 0.337 e. The van der Waals surface area contributed by atoms with Crippen LogP contribution < -0.4 is 5.32 Å². The summed E-state index contributed by atoms with van der Waals surface area (Å²) in [6, 6.07) is 15.9. The summed E-state index contributed by atoms with van der Waals surface area (Å²) < 4.78 is 0. The molecule has 0 spiro atoms. The Balaban J connectivity index is 1.56. The number of hydrogen-bond donors (Lipinski definition) is 3. The summed E-state index contributed by atoms with van der Waals surface area (Å²) in [5.74, 6) is 4.63. The topological polar surface area (TPSA) is 108 Å². The Morgan fingerprint density at radius 3 is 2.55 bits per heavy atom. The van der Waals surface area contributed by atoms with Gasteiger partial charge in [-0.15, -0.1) is 0 Å². The van der Waals surface area contributed by atoms with Gasteiger partial charge in [0.05, 0.1) is 16.6 Å². The maximum Gasteiger partial charge on any atom is 0.337 e. The van der Waals surface area contributed by atoms with Gasteiger partial charge in [-0.25, -0.2) is 9.78 Å². The molecule has 0 bridgehead atoms. The predicted octanol–water partition coefficient (Wildman–Crippen LogP) is 3.31. The van der Waals surface area contributed by atoms with Crippen molar-refractivity contribution in [3.8, 4) is 11.8 Å². The summed E-state index contributed by atoms with van der Waals surface area (Å²) in [5.41, 5.74) is 2.61. The zero-order valence-corrected chi connectivity index (χ0v) is 15.0. The number of carbonyl (C=O) groups is 2. The minimum Gasteiger partial charge on any atom is -0.478 e. The third-order valence-electron chi connectivity index (χ3n) is 4.10. The molecule has 2 heterocycles. The van der Waals surface area contributed by atoms with E-state index in [1.54, 1.807) is 24.4 Å². The van der Waals surface area contributed by atoms with Gasteiger partial charge in [-0.3, -0.25) is 15.1 Å². The second-order valence-electron chi connectivity index (χ2n) is 6.12. The van der Waals surface area contributed by atoms with Crippen molar-refractivity contribution in [1.82, 2.24) is 15.0 Å². The molecule has 0 aliphatic rings. The minimum atomic E-state index is -1.09. The number of para-hydroxylation sites is 1. The number of rotatable bonds is 3. The van der Waals surface area contributed by atoms with Crippen LogP contribution in [0, 0.1) is 11.8 Å². The van der Waals surface area contributed by atoms with Gasteiger partial charge in [0.25, 0.3) is 5.91 Å². The number of nitrogens with zero attached hydrogens (tertiary/aromatic N) is 2. The van der Waals surface area contributed by atoms with E-state index in [2.05, 4.69) is 32.1 Å². The Morgan fingerprint density at radius 1 is 0.966 bits per heavy atom. The number of aromatic amines is 1. The number of nitrogens with one attached hydrogen (secondary N) is 2. The summed E-state index contributed by atoms with van der Waals surface area (Å²) in [6.45, 7) is 0. The highest BCUT2D eigenvalue weighted by atomic mass is 16.4. The van der Waals surface area contributed by atoms with Crippen molar-refractivity contribution in [2.24, 2.45) is 0 Å². The summed E-state index contributed by atoms with van der Waals surface area (Å²) in [7, 11) is 0. The molecule has 2 aromatic heterocycles. The number of hydrogen-bond acceptors (Lipinski definition) is 4. The number of fused-ring (bicyclic) bond motifs is 1. The van der Waals surface area contributed by atoms with Gasteiger partial charge in [0.15, 0.2) is 0 Å². The monoisotopic (exact) mass is 382 g/mol. The fraction of sp³-hybridized carbons (Fsp3) is 0. The van der Waals surface area contributed by atoms with Crippen molar-refractivity contribution in [2.75, 3.05) is 5.32 Å². The Kier molecular flexibility index (Phi) is 4.74. The Hall–Kier alpha value is -4.44. The molecule has 4 rings (SSSR count). The number of carboxylic acids is 1. The summed E-state index contributed by atoms with van der Waals surface area (Å²) >= 11 is 0. The van der Waals surface area contributed by atoms with E-state index in [4.69, 9.17) is 0 Å². The van der Waals surface area contributed by atoms with Crippen molar-refractivity contribution >= 4 is 28.9 Å². The van der Waals surface area contributed by atoms with E-state index in [9.17, 15) is 14.7 Å². The number of aromatic nitrogens is 3. The van der Waals surface area contributed by atoms with Crippen LogP contribution in [0.1, 0.15) is 31.8 Å². The molecule has 7 nitrogen and oxygen atoms in total. The normalized spacial score (nSPS) is 10.2. The summed E-state index contributed by atoms with van der Waals surface area (Å²) in [5, 5.41) is 11.9. The molecule has 3 N–H and O–H groups in total. The quantitative estimate of drug-likeness (QED) is 0.471. The lowest BCUT2D eigenvalue weighted by molar-refractivity contribution is 0.0698. The molecule has 0 saturated heterocycles. The van der Waals surface area contributed by atoms with Crippen LogP contribution in [0.25, 0.3) is 11.0 Å². The Bertz CT molecular complexity index is 1280. The molecule has 7 heteroatoms. The Labute approximate surface area is 165 Å². The standard InChI is InChI=1S/C22H14N4O3/c27-20(26-22-24-18-8-4-7-17(21(28)29)19(18)25-22)16-11-15(12-23-13-16)10-9-14-5-2-1-3-6-14/h1-8,11-13H,(H,28,29)(H2,24,25,26,27). The first-order valence-corrected chi connectivity index (χ1v) is 8.65. The highest BCUT2D eigenvalue weighted by Gasteiger charge is 2.14. The van der Waals surface area contributed by atoms with Crippen molar-refractivity contribution in [3.05, 3.63) is 89.2 Å². The molecule has 140 valence electrons. The number of benzene rings is 2. The van der Waals surface area contributed by atoms with E-state index in [0.717, 1.165) is 5.56 Å². The summed E-state index contributed by atoms with van der Waals surface area (Å²) in [4.78, 5) is 35.0. The number of aromatic carboxylic acids is 1. The number of H-pyrrole nitrogens is 1. The van der Waals surface area contributed by atoms with E-state index < -0.39 is 11.9 Å². The summed E-state index contributed by atoms with van der Waals surface area (Å²) in [6.07, 6.45) is 3.00. The molecule has 29 heavy (non-hydrogen) atoms. The maximum atomic E-state index is 12.6. The van der Waals surface area contributed by atoms with Gasteiger partial charge in [-0.2, -0.15) is 0 Å². The molecule has 2 aromatic carbocycles. The van der Waals surface area contributed by atoms with Crippen molar-refractivity contribution in [1.29, 1.82) is 0 Å². The van der Waals surface area contributed by atoms with Gasteiger partial charge in [0.1, 0.15) is 5.52 Å². The van der Waals surface area contributed by atoms with Crippen LogP contribution in [0.5, 0.6) is 0 Å². The van der Waals surface area contributed by atoms with Crippen LogP contribution >= 0.6 is 0 Å². The molecule has 1 amide bonds. The van der Waals surface area contributed by atoms with Gasteiger partial charge < -0.3 is 10.1 Å². The van der Waals surface area contributed by atoms with E-state index in [1.807, 2.05) is 30.3 Å². The highest BCUT2D eigenvalue weighted by Crippen LogP contribution is 2.19. The lowest BCUT2D eigenvalue weighted by atomic mass is 10.1. The number of amides is 1. The molecular formula is C22H14N4O3. The predicted molar refractivity (Wildman–Crippen MR) is 108 cm³/mol. The molecule has 0 saturated carbocycles. The maximum absolute atomic E-state index is 12.6. The zero-order chi connectivity index (χ0) is 20.2. The average Bonchev–Trinajstić information content (AvgIpc) is 3.15. The largest absolute Gasteiger partial charge is 0.478 e. The first-order valence-electron chi connectivity index (χ1n) is 8.65. The van der Waals surface area contributed by atoms with Crippen LogP contribution in [-0.2, 0) is 0 Å². The molecule has 0 unspecified atom stereocenters. The third-order valence-corrected chi connectivity index (χ3v) is 4.10. The van der Waals surface area contributed by atoms with Crippen molar-refractivity contribution < 1.29 is 14.7 Å². The SMILES string of the molecule is O=C(Nc1nc2c(C(=O)O)cccc2[nH]1)c1cncc(C#Cc2ccccc2)c1. The molecule has 0 atom stereocenters. The van der Waals surface area contributed by atoms with E-state index in [1.165, 1.54) is 12.3 Å². The second kappa shape index (κ2) is 7.66. The molecule has 0 aliphatic carbocycles. The number of carbonyl (C=O) groups excluding carboxylic acids is 1. The number of imidazole rings is 1. The van der Waals surface area contributed by atoms with Crippen LogP contribution in [0.3, 0.4) is 0 Å². The van der Waals surface area contributed by atoms with Crippen LogP contribution in [0.15, 0.2) is 67.0 Å². The van der Waals surface area contributed by atoms with E-state index >= 15 is 0 Å². The first kappa shape index (κ1) is 17.9. The number of carboxylic acid groups (broad SMARTS) is 1. The average molecular weight is 382 g/mol. The van der Waals surface area contributed by atoms with Gasteiger partial charge in [0, 0.05) is 23.5 Å². The lowest BCUT2D eigenvalue weighted by Crippen LogP contribution is -2.13. The highest BCUT2D eigenvalue weighted by molar-refractivity contribution is 6.05. The van der Waals surface area contributed by atoms with Crippen LogP contribution in [-0.4, -0.2) is 31.9 Å². The van der Waals surface area contributed by atoms with Crippen molar-refractivity contribution in [3.63, 3.8) is 0 Å². The lowest BCUT2D eigenvalue weighted by Gasteiger charge is -2.01. The van der Waals surface area contributed by atoms with Gasteiger partial charge in [-0.1, -0.05) is 36.1 Å². The fourth-order valence-electron chi connectivity index (χ4n) is 2.74. The minimum absolute atomic E-state index is 0.0547. The van der Waals surface area contributed by atoms with Crippen LogP contribution in [0.2, 0.25) is 0 Å². The molecule has 4 aromatic rings. The molecule has 0 radical (unpaired) electrons. The molecular weight excluding hydrogens is 368 g/mol. The third kappa shape index (κ3) is 3.96. The van der Waals surface area contributed by atoms with Gasteiger partial charge in [0.2, 0.25) is 5.95 Å². The molecule has 0 aliphatic heterocycles. The van der Waals surface area contributed by atoms with Crippen molar-refractivity contribution in [2.45, 2.75) is 0 Å². The number of anilines is 1. The first-order chi connectivity index (χ1) is 14.1. The van der Waals surface area contributed by atoms with Crippen LogP contribution in [0.4, 0.5) is 5.95 Å². The Morgan fingerprint density at radius 2 is 1.76 bits per heavy atom. The van der Waals surface area contributed by atoms with Gasteiger partial charge in [-0.05, 0) is 30.3 Å². The molecule has 0 fully saturated rings. The van der Waals surface area contributed by atoms with E-state index in [0.29, 0.717) is 16.6 Å². The number of pyridine rings is 1. The van der Waals surface area contributed by atoms with E-state index in [-0.39, 0.29) is 17.0 Å². The van der Waals surface area contributed by atoms with Gasteiger partial charge >= 0.3 is 5.97 Å². The fourth-order valence-corrected chi connectivity index (χ4v) is 2.74. The zero-order valence-electron chi connectivity index (χ0n) is 15.0.